The Hall–Kier alpha value is -3.94. The van der Waals surface area contributed by atoms with Crippen molar-refractivity contribution in [2.75, 3.05) is 7.11 Å². The monoisotopic (exact) mass is 607 g/mol. The smallest absolute Gasteiger partial charge is 0.470 e. The largest absolute Gasteiger partial charge is 0.586 e. The zero-order valence-corrected chi connectivity index (χ0v) is 23.0. The third kappa shape index (κ3) is 4.57. The van der Waals surface area contributed by atoms with Gasteiger partial charge < -0.3 is 23.7 Å². The molecule has 2 aromatic heterocycles. The van der Waals surface area contributed by atoms with Crippen LogP contribution < -0.4 is 14.2 Å². The van der Waals surface area contributed by atoms with Gasteiger partial charge in [0.1, 0.15) is 12.2 Å². The summed E-state index contributed by atoms with van der Waals surface area (Å²) in [4.78, 5) is 16.3. The second-order valence-electron chi connectivity index (χ2n) is 11.6. The molecule has 1 aromatic carbocycles. The maximum Gasteiger partial charge on any atom is 0.586 e. The fourth-order valence-electron chi connectivity index (χ4n) is 6.80. The van der Waals surface area contributed by atoms with E-state index in [-0.39, 0.29) is 41.0 Å². The molecular formula is C29H26F5N3O6. The molecule has 43 heavy (non-hydrogen) atoms. The summed E-state index contributed by atoms with van der Waals surface area (Å²) in [6.45, 7) is 1.66. The first-order chi connectivity index (χ1) is 20.3. The van der Waals surface area contributed by atoms with Crippen LogP contribution in [0.2, 0.25) is 0 Å². The Labute approximate surface area is 241 Å². The lowest BCUT2D eigenvalue weighted by molar-refractivity contribution is -0.301. The molecule has 0 saturated heterocycles. The van der Waals surface area contributed by atoms with Crippen molar-refractivity contribution in [3.8, 4) is 23.1 Å². The van der Waals surface area contributed by atoms with Crippen LogP contribution in [0.15, 0.2) is 36.5 Å². The van der Waals surface area contributed by atoms with Gasteiger partial charge in [0.05, 0.1) is 29.5 Å². The van der Waals surface area contributed by atoms with Gasteiger partial charge in [0, 0.05) is 17.8 Å². The molecule has 0 unspecified atom stereocenters. The maximum atomic E-state index is 14.1. The Morgan fingerprint density at radius 1 is 1.12 bits per heavy atom. The topological polar surface area (TPSA) is 93.9 Å². The van der Waals surface area contributed by atoms with Gasteiger partial charge in [0.15, 0.2) is 17.2 Å². The molecule has 0 amide bonds. The summed E-state index contributed by atoms with van der Waals surface area (Å²) in [5.74, 6) is -0.460. The number of carbonyl (C=O) groups excluding carboxylic acids is 1. The van der Waals surface area contributed by atoms with Gasteiger partial charge in [0.2, 0.25) is 5.88 Å². The molecule has 3 fully saturated rings. The van der Waals surface area contributed by atoms with E-state index in [0.717, 1.165) is 0 Å². The van der Waals surface area contributed by atoms with E-state index in [1.165, 1.54) is 48.3 Å². The van der Waals surface area contributed by atoms with Crippen LogP contribution in [0.3, 0.4) is 0 Å². The summed E-state index contributed by atoms with van der Waals surface area (Å²) < 4.78 is 96.8. The number of benzene rings is 1. The Morgan fingerprint density at radius 2 is 1.86 bits per heavy atom. The summed E-state index contributed by atoms with van der Waals surface area (Å²) in [6, 6.07) is 7.22. The van der Waals surface area contributed by atoms with Crippen molar-refractivity contribution in [3.05, 3.63) is 59.0 Å². The van der Waals surface area contributed by atoms with Gasteiger partial charge in [-0.1, -0.05) is 6.07 Å². The number of fused-ring (bicyclic) bond motifs is 2. The van der Waals surface area contributed by atoms with E-state index in [2.05, 4.69) is 19.6 Å². The number of hydrogen-bond acceptors (Lipinski definition) is 8. The molecule has 0 spiro atoms. The van der Waals surface area contributed by atoms with Gasteiger partial charge in [-0.2, -0.15) is 18.3 Å². The van der Waals surface area contributed by atoms with Gasteiger partial charge in [0.25, 0.3) is 0 Å². The van der Waals surface area contributed by atoms with Gasteiger partial charge >= 0.3 is 18.4 Å². The molecule has 0 N–H and O–H groups in total. The van der Waals surface area contributed by atoms with Crippen molar-refractivity contribution in [1.82, 2.24) is 14.8 Å². The second-order valence-corrected chi connectivity index (χ2v) is 11.6. The first-order valence-electron chi connectivity index (χ1n) is 13.8. The van der Waals surface area contributed by atoms with E-state index in [9.17, 15) is 26.7 Å². The predicted molar refractivity (Wildman–Crippen MR) is 136 cm³/mol. The van der Waals surface area contributed by atoms with Crippen LogP contribution in [0.4, 0.5) is 22.0 Å². The Bertz CT molecular complexity index is 1600. The molecule has 3 saturated carbocycles. The number of carbonyl (C=O) groups is 1. The van der Waals surface area contributed by atoms with Crippen LogP contribution >= 0.6 is 0 Å². The number of nitrogens with zero attached hydrogens (tertiary/aromatic N) is 3. The number of pyridine rings is 1. The molecule has 2 atom stereocenters. The van der Waals surface area contributed by atoms with Gasteiger partial charge in [-0.25, -0.2) is 9.67 Å². The normalized spacial score (nSPS) is 27.0. The molecule has 5 aliphatic rings. The molecule has 4 aliphatic carbocycles. The highest BCUT2D eigenvalue weighted by atomic mass is 19.4. The van der Waals surface area contributed by atoms with Gasteiger partial charge in [-0.3, -0.25) is 4.79 Å². The van der Waals surface area contributed by atoms with Crippen LogP contribution in [0.25, 0.3) is 5.69 Å². The molecule has 3 aromatic rings. The van der Waals surface area contributed by atoms with Crippen LogP contribution in [0, 0.1) is 5.41 Å². The van der Waals surface area contributed by atoms with Crippen molar-refractivity contribution in [1.29, 1.82) is 0 Å². The fraction of sp³-hybridized carbons (Fsp3) is 0.483. The van der Waals surface area contributed by atoms with E-state index >= 15 is 0 Å². The fourth-order valence-corrected chi connectivity index (χ4v) is 6.80. The number of halogens is 5. The standard InChI is InChI=1S/C29H26F5N3O6/c1-15(16-6-7-19-21(10-16)43-29(33,34)42-19)40-22-11-17(8-9-35-22)37-23-18(24(36-37)28(30,31)32)4-3-5-20(23)41-27-12-26(13-27,14-27)25(38)39-2/h6-11,15,20H,3-5,12-14H2,1-2H3/t15-,20+,26?,27?/m0/s1. The van der Waals surface area contributed by atoms with E-state index in [0.29, 0.717) is 43.4 Å². The van der Waals surface area contributed by atoms with Crippen molar-refractivity contribution in [3.63, 3.8) is 0 Å². The van der Waals surface area contributed by atoms with Crippen molar-refractivity contribution in [2.24, 2.45) is 5.41 Å². The molecule has 8 rings (SSSR count). The quantitative estimate of drug-likeness (QED) is 0.230. The summed E-state index contributed by atoms with van der Waals surface area (Å²) in [5.41, 5.74) is -0.925. The van der Waals surface area contributed by atoms with E-state index in [4.69, 9.17) is 14.2 Å². The molecule has 9 nitrogen and oxygen atoms in total. The van der Waals surface area contributed by atoms with Crippen molar-refractivity contribution < 1.29 is 50.4 Å². The predicted octanol–water partition coefficient (Wildman–Crippen LogP) is 6.24. The molecule has 0 radical (unpaired) electrons. The molecule has 3 heterocycles. The van der Waals surface area contributed by atoms with Crippen LogP contribution in [0.5, 0.6) is 17.4 Å². The summed E-state index contributed by atoms with van der Waals surface area (Å²) in [5, 5.41) is 4.01. The third-order valence-electron chi connectivity index (χ3n) is 8.64. The molecule has 14 heteroatoms. The van der Waals surface area contributed by atoms with Crippen molar-refractivity contribution >= 4 is 5.97 Å². The van der Waals surface area contributed by atoms with E-state index in [1.54, 1.807) is 6.92 Å². The van der Waals surface area contributed by atoms with E-state index < -0.39 is 41.4 Å². The van der Waals surface area contributed by atoms with Crippen LogP contribution in [-0.2, 0) is 26.9 Å². The number of esters is 1. The Balaban J connectivity index is 1.17. The third-order valence-corrected chi connectivity index (χ3v) is 8.64. The zero-order chi connectivity index (χ0) is 30.4. The minimum absolute atomic E-state index is 0.0820. The van der Waals surface area contributed by atoms with E-state index in [1.807, 2.05) is 0 Å². The molecule has 228 valence electrons. The summed E-state index contributed by atoms with van der Waals surface area (Å²) in [6.07, 6.45) is -5.80. The van der Waals surface area contributed by atoms with Gasteiger partial charge in [-0.15, -0.1) is 8.78 Å². The summed E-state index contributed by atoms with van der Waals surface area (Å²) >= 11 is 0. The number of ether oxygens (including phenoxy) is 5. The number of rotatable bonds is 7. The Kier molecular flexibility index (Phi) is 6.01. The average molecular weight is 608 g/mol. The van der Waals surface area contributed by atoms with Crippen LogP contribution in [0.1, 0.15) is 73.8 Å². The van der Waals surface area contributed by atoms with Gasteiger partial charge in [-0.05, 0) is 69.2 Å². The number of methoxy groups -OCH3 is 1. The molecular weight excluding hydrogens is 581 g/mol. The lowest BCUT2D eigenvalue weighted by Crippen LogP contribution is -2.71. The average Bonchev–Trinajstić information content (AvgIpc) is 3.46. The minimum atomic E-state index is -4.68. The highest BCUT2D eigenvalue weighted by Crippen LogP contribution is 2.70. The summed E-state index contributed by atoms with van der Waals surface area (Å²) in [7, 11) is 1.34. The molecule has 2 bridgehead atoms. The first-order valence-corrected chi connectivity index (χ1v) is 13.8. The SMILES string of the molecule is COC(=O)C12CC(O[C@@H]3CCCc4c(C(F)(F)F)nn(-c5ccnc(O[C@@H](C)c6ccc7c(c6)OC(F)(F)O7)c5)c43)(C1)C2. The lowest BCUT2D eigenvalue weighted by atomic mass is 9.41. The highest BCUT2D eigenvalue weighted by molar-refractivity contribution is 5.81. The number of aromatic nitrogens is 3. The van der Waals surface area contributed by atoms with Crippen molar-refractivity contribution in [2.45, 2.75) is 75.7 Å². The maximum absolute atomic E-state index is 14.1. The molecule has 1 aliphatic heterocycles. The first kappa shape index (κ1) is 27.9. The zero-order valence-electron chi connectivity index (χ0n) is 23.0. The number of alkyl halides is 5. The Morgan fingerprint density at radius 3 is 2.58 bits per heavy atom. The van der Waals surface area contributed by atoms with Crippen LogP contribution in [-0.4, -0.2) is 39.7 Å². The minimum Gasteiger partial charge on any atom is -0.470 e. The number of hydrogen-bond donors (Lipinski definition) is 0. The lowest BCUT2D eigenvalue weighted by Gasteiger charge is -2.68. The second kappa shape index (κ2) is 9.28. The highest BCUT2D eigenvalue weighted by Gasteiger charge is 2.74.